The van der Waals surface area contributed by atoms with E-state index >= 15 is 0 Å². The second-order valence-electron chi connectivity index (χ2n) is 4.16. The number of amides is 1. The zero-order valence-electron chi connectivity index (χ0n) is 11.1. The average molecular weight is 330 g/mol. The summed E-state index contributed by atoms with van der Waals surface area (Å²) in [5.41, 5.74) is 0. The van der Waals surface area contributed by atoms with Crippen molar-refractivity contribution in [2.24, 2.45) is 0 Å². The molecule has 0 fully saturated rings. The molecule has 1 atom stereocenters. The molecule has 0 aliphatic rings. The first-order valence-corrected chi connectivity index (χ1v) is 6.96. The summed E-state index contributed by atoms with van der Waals surface area (Å²) in [6.07, 6.45) is 0.632. The highest BCUT2D eigenvalue weighted by molar-refractivity contribution is 6.35. The first-order chi connectivity index (χ1) is 10.1. The third-order valence-electron chi connectivity index (χ3n) is 2.67. The van der Waals surface area contributed by atoms with Crippen LogP contribution in [0.1, 0.15) is 25.2 Å². The lowest BCUT2D eigenvalue weighted by Gasteiger charge is -2.14. The number of aromatic amines is 1. The zero-order valence-corrected chi connectivity index (χ0v) is 12.6. The van der Waals surface area contributed by atoms with Gasteiger partial charge in [-0.3, -0.25) is 4.79 Å². The first-order valence-electron chi connectivity index (χ1n) is 6.20. The van der Waals surface area contributed by atoms with Gasteiger partial charge in [-0.05, 0) is 24.6 Å². The Kier molecular flexibility index (Phi) is 5.35. The summed E-state index contributed by atoms with van der Waals surface area (Å²) in [7, 11) is 0. The summed E-state index contributed by atoms with van der Waals surface area (Å²) < 4.78 is 5.35. The Bertz CT molecular complexity index is 606. The van der Waals surface area contributed by atoms with Gasteiger partial charge in [0.05, 0.1) is 11.1 Å². The van der Waals surface area contributed by atoms with Crippen molar-refractivity contribution < 1.29 is 9.53 Å². The van der Waals surface area contributed by atoms with Crippen molar-refractivity contribution in [3.63, 3.8) is 0 Å². The number of carbonyl (C=O) groups is 1. The molecule has 0 aliphatic carbocycles. The van der Waals surface area contributed by atoms with Crippen molar-refractivity contribution in [3.8, 4) is 5.75 Å². The number of nitrogens with zero attached hydrogens (tertiary/aromatic N) is 3. The fraction of sp³-hybridized carbons (Fsp3) is 0.333. The quantitative estimate of drug-likeness (QED) is 0.847. The van der Waals surface area contributed by atoms with Crippen LogP contribution in [0.15, 0.2) is 18.2 Å². The summed E-state index contributed by atoms with van der Waals surface area (Å²) in [6, 6.07) is 4.47. The molecular weight excluding hydrogens is 317 g/mol. The Balaban J connectivity index is 1.89. The van der Waals surface area contributed by atoms with Gasteiger partial charge in [-0.15, -0.1) is 10.2 Å². The number of tetrazole rings is 1. The average Bonchev–Trinajstić information content (AvgIpc) is 2.98. The topological polar surface area (TPSA) is 92.8 Å². The minimum Gasteiger partial charge on any atom is -0.482 e. The van der Waals surface area contributed by atoms with Crippen LogP contribution in [0.4, 0.5) is 0 Å². The van der Waals surface area contributed by atoms with E-state index in [0.29, 0.717) is 28.0 Å². The van der Waals surface area contributed by atoms with Gasteiger partial charge >= 0.3 is 0 Å². The SMILES string of the molecule is CC[C@H](NC(=O)COc1ccc(Cl)cc1Cl)c1nn[nH]n1. The van der Waals surface area contributed by atoms with Crippen molar-refractivity contribution in [1.29, 1.82) is 0 Å². The lowest BCUT2D eigenvalue weighted by Crippen LogP contribution is -2.33. The van der Waals surface area contributed by atoms with Gasteiger partial charge in [0.1, 0.15) is 5.75 Å². The van der Waals surface area contributed by atoms with Crippen molar-refractivity contribution in [1.82, 2.24) is 25.9 Å². The van der Waals surface area contributed by atoms with E-state index in [4.69, 9.17) is 27.9 Å². The summed E-state index contributed by atoms with van der Waals surface area (Å²) in [5, 5.41) is 17.1. The summed E-state index contributed by atoms with van der Waals surface area (Å²) in [4.78, 5) is 11.9. The molecule has 21 heavy (non-hydrogen) atoms. The highest BCUT2D eigenvalue weighted by Gasteiger charge is 2.17. The molecule has 2 N–H and O–H groups in total. The molecule has 7 nitrogen and oxygen atoms in total. The van der Waals surface area contributed by atoms with Crippen LogP contribution in [0.2, 0.25) is 10.0 Å². The largest absolute Gasteiger partial charge is 0.482 e. The number of rotatable bonds is 6. The summed E-state index contributed by atoms with van der Waals surface area (Å²) in [6.45, 7) is 1.73. The van der Waals surface area contributed by atoms with E-state index < -0.39 is 0 Å². The van der Waals surface area contributed by atoms with Gasteiger partial charge in [0.15, 0.2) is 12.4 Å². The van der Waals surface area contributed by atoms with Crippen LogP contribution in [0.25, 0.3) is 0 Å². The maximum atomic E-state index is 11.9. The van der Waals surface area contributed by atoms with Gasteiger partial charge in [0.2, 0.25) is 0 Å². The molecule has 9 heteroatoms. The molecule has 0 spiro atoms. The number of hydrogen-bond donors (Lipinski definition) is 2. The van der Waals surface area contributed by atoms with Gasteiger partial charge in [0.25, 0.3) is 5.91 Å². The third-order valence-corrected chi connectivity index (χ3v) is 3.20. The van der Waals surface area contributed by atoms with Gasteiger partial charge in [-0.25, -0.2) is 0 Å². The number of benzene rings is 1. The molecule has 1 aromatic heterocycles. The zero-order chi connectivity index (χ0) is 15.2. The number of H-pyrrole nitrogens is 1. The molecule has 1 heterocycles. The maximum absolute atomic E-state index is 11.9. The van der Waals surface area contributed by atoms with E-state index in [1.807, 2.05) is 6.92 Å². The van der Waals surface area contributed by atoms with E-state index in [1.54, 1.807) is 18.2 Å². The van der Waals surface area contributed by atoms with E-state index in [9.17, 15) is 4.79 Å². The predicted octanol–water partition coefficient (Wildman–Crippen LogP) is 2.15. The van der Waals surface area contributed by atoms with Crippen molar-refractivity contribution in [3.05, 3.63) is 34.1 Å². The van der Waals surface area contributed by atoms with Crippen molar-refractivity contribution in [2.45, 2.75) is 19.4 Å². The molecule has 2 rings (SSSR count). The van der Waals surface area contributed by atoms with Gasteiger partial charge in [-0.2, -0.15) is 5.21 Å². The van der Waals surface area contributed by atoms with Gasteiger partial charge in [0, 0.05) is 5.02 Å². The van der Waals surface area contributed by atoms with Crippen LogP contribution in [-0.4, -0.2) is 33.1 Å². The Morgan fingerprint density at radius 1 is 1.48 bits per heavy atom. The standard InChI is InChI=1S/C12H13Cl2N5O2/c1-2-9(12-16-18-19-17-12)15-11(20)6-21-10-4-3-7(13)5-8(10)14/h3-5,9H,2,6H2,1H3,(H,15,20)(H,16,17,18,19)/t9-/m0/s1. The minimum absolute atomic E-state index is 0.171. The molecule has 0 radical (unpaired) electrons. The van der Waals surface area contributed by atoms with Crippen LogP contribution < -0.4 is 10.1 Å². The fourth-order valence-electron chi connectivity index (χ4n) is 1.64. The van der Waals surface area contributed by atoms with Crippen molar-refractivity contribution >= 4 is 29.1 Å². The highest BCUT2D eigenvalue weighted by Crippen LogP contribution is 2.27. The monoisotopic (exact) mass is 329 g/mol. The van der Waals surface area contributed by atoms with Crippen LogP contribution in [0, 0.1) is 0 Å². The molecule has 0 bridgehead atoms. The highest BCUT2D eigenvalue weighted by atomic mass is 35.5. The fourth-order valence-corrected chi connectivity index (χ4v) is 2.10. The number of hydrogen-bond acceptors (Lipinski definition) is 5. The molecule has 0 saturated carbocycles. The number of ether oxygens (including phenoxy) is 1. The van der Waals surface area contributed by atoms with E-state index in [2.05, 4.69) is 25.9 Å². The number of carbonyl (C=O) groups excluding carboxylic acids is 1. The Morgan fingerprint density at radius 3 is 2.90 bits per heavy atom. The van der Waals surface area contributed by atoms with Crippen LogP contribution in [-0.2, 0) is 4.79 Å². The predicted molar refractivity (Wildman–Crippen MR) is 77.3 cm³/mol. The number of halogens is 2. The number of aromatic nitrogens is 4. The van der Waals surface area contributed by atoms with E-state index in [1.165, 1.54) is 0 Å². The Labute approximate surface area is 131 Å². The Morgan fingerprint density at radius 2 is 2.29 bits per heavy atom. The molecule has 0 saturated heterocycles. The van der Waals surface area contributed by atoms with E-state index in [0.717, 1.165) is 0 Å². The second-order valence-corrected chi connectivity index (χ2v) is 5.01. The lowest BCUT2D eigenvalue weighted by molar-refractivity contribution is -0.123. The second kappa shape index (κ2) is 7.24. The molecule has 1 amide bonds. The van der Waals surface area contributed by atoms with Crippen LogP contribution >= 0.6 is 23.2 Å². The van der Waals surface area contributed by atoms with Crippen LogP contribution in [0.5, 0.6) is 5.75 Å². The van der Waals surface area contributed by atoms with Crippen molar-refractivity contribution in [2.75, 3.05) is 6.61 Å². The van der Waals surface area contributed by atoms with Crippen LogP contribution in [0.3, 0.4) is 0 Å². The number of nitrogens with one attached hydrogen (secondary N) is 2. The normalized spacial score (nSPS) is 12.0. The summed E-state index contributed by atoms with van der Waals surface area (Å²) in [5.74, 6) is 0.511. The summed E-state index contributed by atoms with van der Waals surface area (Å²) >= 11 is 11.7. The first kappa shape index (κ1) is 15.5. The molecule has 112 valence electrons. The molecule has 2 aromatic rings. The molecule has 0 aliphatic heterocycles. The molecule has 1 aromatic carbocycles. The smallest absolute Gasteiger partial charge is 0.258 e. The molecular formula is C12H13Cl2N5O2. The maximum Gasteiger partial charge on any atom is 0.258 e. The lowest BCUT2D eigenvalue weighted by atomic mass is 10.2. The molecule has 0 unspecified atom stereocenters. The Hall–Kier alpha value is -1.86. The minimum atomic E-state index is -0.319. The van der Waals surface area contributed by atoms with E-state index in [-0.39, 0.29) is 18.6 Å². The van der Waals surface area contributed by atoms with Gasteiger partial charge < -0.3 is 10.1 Å². The third kappa shape index (κ3) is 4.30. The van der Waals surface area contributed by atoms with Gasteiger partial charge in [-0.1, -0.05) is 35.3 Å².